The molecule has 1 aromatic carbocycles. The van der Waals surface area contributed by atoms with Crippen molar-refractivity contribution < 1.29 is 19.4 Å². The van der Waals surface area contributed by atoms with Crippen molar-refractivity contribution in [3.05, 3.63) is 44.9 Å². The van der Waals surface area contributed by atoms with Crippen molar-refractivity contribution in [2.24, 2.45) is 11.8 Å². The number of aliphatic hydroxyl groups is 1. The highest BCUT2D eigenvalue weighted by Crippen LogP contribution is 2.43. The Bertz CT molecular complexity index is 672. The Morgan fingerprint density at radius 1 is 1.50 bits per heavy atom. The molecule has 0 aliphatic heterocycles. The van der Waals surface area contributed by atoms with Gasteiger partial charge < -0.3 is 9.84 Å². The second-order valence-corrected chi connectivity index (χ2v) is 7.66. The Labute approximate surface area is 158 Å². The number of halogens is 3. The van der Waals surface area contributed by atoms with Gasteiger partial charge in [0.15, 0.2) is 5.78 Å². The number of hydrogen-bond acceptors (Lipinski definition) is 4. The van der Waals surface area contributed by atoms with Crippen LogP contribution in [0.15, 0.2) is 39.3 Å². The van der Waals surface area contributed by atoms with Crippen molar-refractivity contribution in [1.82, 2.24) is 0 Å². The minimum Gasteiger partial charge on any atom is -0.465 e. The van der Waals surface area contributed by atoms with E-state index in [-0.39, 0.29) is 23.9 Å². The number of ketones is 1. The topological polar surface area (TPSA) is 63.6 Å². The molecule has 1 fully saturated rings. The molecule has 0 spiro atoms. The van der Waals surface area contributed by atoms with Gasteiger partial charge in [0.2, 0.25) is 0 Å². The summed E-state index contributed by atoms with van der Waals surface area (Å²) in [6.45, 7) is 1.84. The lowest BCUT2D eigenvalue weighted by molar-refractivity contribution is -0.159. The van der Waals surface area contributed by atoms with Gasteiger partial charge in [-0.25, -0.2) is 0 Å². The van der Waals surface area contributed by atoms with E-state index in [2.05, 4.69) is 15.9 Å². The molecule has 0 bridgehead atoms. The summed E-state index contributed by atoms with van der Waals surface area (Å²) in [5, 5.41) is 11.0. The molecule has 1 aliphatic carbocycles. The van der Waals surface area contributed by atoms with Crippen LogP contribution in [0.25, 0.3) is 0 Å². The van der Waals surface area contributed by atoms with Gasteiger partial charge in [0.25, 0.3) is 0 Å². The minimum absolute atomic E-state index is 0.0550. The molecule has 0 aromatic heterocycles. The predicted octanol–water partition coefficient (Wildman–Crippen LogP) is 4.11. The zero-order valence-corrected chi connectivity index (χ0v) is 16.1. The van der Waals surface area contributed by atoms with E-state index in [1.165, 1.54) is 6.08 Å². The Morgan fingerprint density at radius 2 is 2.21 bits per heavy atom. The van der Waals surface area contributed by atoms with Gasteiger partial charge in [-0.05, 0) is 37.1 Å². The number of rotatable bonds is 4. The zero-order valence-electron chi connectivity index (χ0n) is 13.0. The number of benzene rings is 1. The summed E-state index contributed by atoms with van der Waals surface area (Å²) in [4.78, 5) is 24.7. The van der Waals surface area contributed by atoms with E-state index in [1.54, 1.807) is 25.1 Å². The first-order valence-corrected chi connectivity index (χ1v) is 9.02. The Kier molecular flexibility index (Phi) is 6.48. The standard InChI is InChI=1S/C17H17BrCl2O4/c1-2-24-16(22)15-10(6-14(19)20)8-17(23,9-13(15)21)11-4-3-5-12(18)7-11/h3-7,10,15,23H,2,8-9H2,1H3/t10-,15-,17-/m0/s1. The molecule has 0 saturated heterocycles. The highest BCUT2D eigenvalue weighted by atomic mass is 79.9. The maximum absolute atomic E-state index is 12.6. The van der Waals surface area contributed by atoms with Crippen LogP contribution < -0.4 is 0 Å². The van der Waals surface area contributed by atoms with Crippen LogP contribution in [0.3, 0.4) is 0 Å². The van der Waals surface area contributed by atoms with E-state index >= 15 is 0 Å². The first-order chi connectivity index (χ1) is 11.3. The zero-order chi connectivity index (χ0) is 17.9. The lowest BCUT2D eigenvalue weighted by Gasteiger charge is -2.39. The lowest BCUT2D eigenvalue weighted by Crippen LogP contribution is -2.45. The molecule has 4 nitrogen and oxygen atoms in total. The number of ether oxygens (including phenoxy) is 1. The van der Waals surface area contributed by atoms with E-state index in [0.29, 0.717) is 5.56 Å². The van der Waals surface area contributed by atoms with E-state index in [4.69, 9.17) is 27.9 Å². The molecule has 1 aromatic rings. The molecule has 1 aliphatic rings. The molecule has 2 rings (SSSR count). The van der Waals surface area contributed by atoms with E-state index in [0.717, 1.165) is 4.47 Å². The second-order valence-electron chi connectivity index (χ2n) is 5.74. The van der Waals surface area contributed by atoms with E-state index in [1.807, 2.05) is 6.07 Å². The average molecular weight is 436 g/mol. The van der Waals surface area contributed by atoms with Gasteiger partial charge in [-0.2, -0.15) is 0 Å². The molecule has 1 saturated carbocycles. The molecule has 130 valence electrons. The van der Waals surface area contributed by atoms with E-state index in [9.17, 15) is 14.7 Å². The van der Waals surface area contributed by atoms with Crippen LogP contribution in [0.4, 0.5) is 0 Å². The Hall–Kier alpha value is -0.880. The number of carbonyl (C=O) groups is 2. The molecule has 0 heterocycles. The molecule has 0 unspecified atom stereocenters. The molecular weight excluding hydrogens is 419 g/mol. The monoisotopic (exact) mass is 434 g/mol. The van der Waals surface area contributed by atoms with Crippen molar-refractivity contribution in [2.45, 2.75) is 25.4 Å². The SMILES string of the molecule is CCOC(=O)[C@@H]1C(=O)C[C@](O)(c2cccc(Br)c2)C[C@@H]1C=C(Cl)Cl. The number of hydrogen-bond donors (Lipinski definition) is 1. The third kappa shape index (κ3) is 4.39. The van der Waals surface area contributed by atoms with Crippen molar-refractivity contribution >= 4 is 50.9 Å². The summed E-state index contributed by atoms with van der Waals surface area (Å²) >= 11 is 14.8. The quantitative estimate of drug-likeness (QED) is 0.570. The fourth-order valence-corrected chi connectivity index (χ4v) is 3.79. The van der Waals surface area contributed by atoms with Crippen LogP contribution in [-0.4, -0.2) is 23.5 Å². The van der Waals surface area contributed by atoms with Gasteiger partial charge in [0, 0.05) is 16.8 Å². The molecule has 0 amide bonds. The van der Waals surface area contributed by atoms with Crippen LogP contribution in [-0.2, 0) is 19.9 Å². The van der Waals surface area contributed by atoms with Gasteiger partial charge in [-0.1, -0.05) is 51.3 Å². The fraction of sp³-hybridized carbons (Fsp3) is 0.412. The Morgan fingerprint density at radius 3 is 2.79 bits per heavy atom. The van der Waals surface area contributed by atoms with Gasteiger partial charge in [-0.15, -0.1) is 0 Å². The number of allylic oxidation sites excluding steroid dienone is 1. The molecule has 7 heteroatoms. The summed E-state index contributed by atoms with van der Waals surface area (Å²) in [6.07, 6.45) is 1.39. The van der Waals surface area contributed by atoms with Gasteiger partial charge in [0.05, 0.1) is 12.2 Å². The smallest absolute Gasteiger partial charge is 0.317 e. The van der Waals surface area contributed by atoms with Crippen molar-refractivity contribution in [3.63, 3.8) is 0 Å². The summed E-state index contributed by atoms with van der Waals surface area (Å²) in [7, 11) is 0. The molecule has 24 heavy (non-hydrogen) atoms. The summed E-state index contributed by atoms with van der Waals surface area (Å²) in [6, 6.07) is 7.09. The number of Topliss-reactive ketones (excluding diaryl/α,β-unsaturated/α-hetero) is 1. The second kappa shape index (κ2) is 8.00. The molecule has 1 N–H and O–H groups in total. The molecule has 0 radical (unpaired) electrons. The largest absolute Gasteiger partial charge is 0.465 e. The lowest BCUT2D eigenvalue weighted by atomic mass is 9.68. The highest BCUT2D eigenvalue weighted by molar-refractivity contribution is 9.10. The van der Waals surface area contributed by atoms with E-state index < -0.39 is 29.2 Å². The number of esters is 1. The van der Waals surface area contributed by atoms with Crippen LogP contribution in [0.2, 0.25) is 0 Å². The van der Waals surface area contributed by atoms with Crippen LogP contribution in [0.5, 0.6) is 0 Å². The van der Waals surface area contributed by atoms with Crippen LogP contribution in [0, 0.1) is 11.8 Å². The Balaban J connectivity index is 2.40. The minimum atomic E-state index is -1.39. The van der Waals surface area contributed by atoms with Gasteiger partial charge in [0.1, 0.15) is 10.4 Å². The summed E-state index contributed by atoms with van der Waals surface area (Å²) in [5.41, 5.74) is -0.800. The van der Waals surface area contributed by atoms with Crippen molar-refractivity contribution in [3.8, 4) is 0 Å². The average Bonchev–Trinajstić information content (AvgIpc) is 2.46. The van der Waals surface area contributed by atoms with Gasteiger partial charge >= 0.3 is 5.97 Å². The third-order valence-corrected chi connectivity index (χ3v) is 4.80. The van der Waals surface area contributed by atoms with Crippen LogP contribution >= 0.6 is 39.1 Å². The first kappa shape index (κ1) is 19.4. The molecular formula is C17H17BrCl2O4. The van der Waals surface area contributed by atoms with Crippen molar-refractivity contribution in [1.29, 1.82) is 0 Å². The highest BCUT2D eigenvalue weighted by Gasteiger charge is 2.48. The maximum Gasteiger partial charge on any atom is 0.317 e. The third-order valence-electron chi connectivity index (χ3n) is 4.06. The number of carbonyl (C=O) groups excluding carboxylic acids is 2. The molecule has 3 atom stereocenters. The summed E-state index contributed by atoms with van der Waals surface area (Å²) < 4.78 is 5.73. The van der Waals surface area contributed by atoms with Crippen LogP contribution in [0.1, 0.15) is 25.3 Å². The van der Waals surface area contributed by atoms with Crippen molar-refractivity contribution in [2.75, 3.05) is 6.61 Å². The van der Waals surface area contributed by atoms with Gasteiger partial charge in [-0.3, -0.25) is 9.59 Å². The fourth-order valence-electron chi connectivity index (χ4n) is 3.07. The predicted molar refractivity (Wildman–Crippen MR) is 95.7 cm³/mol. The summed E-state index contributed by atoms with van der Waals surface area (Å²) in [5.74, 6) is -2.66. The first-order valence-electron chi connectivity index (χ1n) is 7.47. The normalized spacial score (nSPS) is 26.8. The maximum atomic E-state index is 12.6.